The van der Waals surface area contributed by atoms with Crippen LogP contribution in [0.2, 0.25) is 0 Å². The molecule has 0 N–H and O–H groups in total. The number of nitriles is 1. The molecule has 0 atom stereocenters. The highest BCUT2D eigenvalue weighted by atomic mass is 16.5. The highest BCUT2D eigenvalue weighted by Gasteiger charge is 2.31. The standard InChI is InChI=1S/C21H24N2O2/c1-21(25-19-8-3-2-4-9-19)11-13-23(14-12-21)15-16-24-20-10-6-5-7-18(20)17-22/h2-10H,11-16H2,1H3. The molecule has 1 aliphatic heterocycles. The largest absolute Gasteiger partial charge is 0.491 e. The molecule has 0 unspecified atom stereocenters. The molecule has 1 heterocycles. The minimum Gasteiger partial charge on any atom is -0.491 e. The van der Waals surface area contributed by atoms with Gasteiger partial charge in [-0.3, -0.25) is 4.90 Å². The summed E-state index contributed by atoms with van der Waals surface area (Å²) in [7, 11) is 0. The molecule has 3 rings (SSSR count). The van der Waals surface area contributed by atoms with Crippen molar-refractivity contribution in [2.24, 2.45) is 0 Å². The first-order chi connectivity index (χ1) is 12.2. The van der Waals surface area contributed by atoms with Gasteiger partial charge in [-0.1, -0.05) is 30.3 Å². The van der Waals surface area contributed by atoms with E-state index in [1.807, 2.05) is 48.5 Å². The minimum atomic E-state index is -0.105. The summed E-state index contributed by atoms with van der Waals surface area (Å²) in [6.45, 7) is 5.63. The van der Waals surface area contributed by atoms with Crippen molar-refractivity contribution in [1.82, 2.24) is 4.90 Å². The Hall–Kier alpha value is -2.51. The zero-order chi connectivity index (χ0) is 17.5. The van der Waals surface area contributed by atoms with Gasteiger partial charge in [0.15, 0.2) is 0 Å². The van der Waals surface area contributed by atoms with E-state index in [9.17, 15) is 0 Å². The molecule has 25 heavy (non-hydrogen) atoms. The number of benzene rings is 2. The fraction of sp³-hybridized carbons (Fsp3) is 0.381. The van der Waals surface area contributed by atoms with Crippen molar-refractivity contribution in [1.29, 1.82) is 5.26 Å². The van der Waals surface area contributed by atoms with Gasteiger partial charge in [0.25, 0.3) is 0 Å². The molecule has 1 saturated heterocycles. The minimum absolute atomic E-state index is 0.105. The van der Waals surface area contributed by atoms with E-state index in [1.54, 1.807) is 6.07 Å². The molecule has 0 bridgehead atoms. The Morgan fingerprint density at radius 1 is 1.04 bits per heavy atom. The van der Waals surface area contributed by atoms with Crippen molar-refractivity contribution in [3.8, 4) is 17.6 Å². The van der Waals surface area contributed by atoms with Crippen molar-refractivity contribution in [2.75, 3.05) is 26.2 Å². The van der Waals surface area contributed by atoms with Crippen LogP contribution in [0.3, 0.4) is 0 Å². The van der Waals surface area contributed by atoms with E-state index in [1.165, 1.54) is 0 Å². The van der Waals surface area contributed by atoms with Gasteiger partial charge in [0.05, 0.1) is 5.56 Å². The fourth-order valence-corrected chi connectivity index (χ4v) is 3.09. The van der Waals surface area contributed by atoms with Crippen LogP contribution in [0.4, 0.5) is 0 Å². The smallest absolute Gasteiger partial charge is 0.137 e. The van der Waals surface area contributed by atoms with E-state index < -0.39 is 0 Å². The molecule has 0 radical (unpaired) electrons. The van der Waals surface area contributed by atoms with Gasteiger partial charge in [-0.05, 0) is 44.0 Å². The van der Waals surface area contributed by atoms with Crippen molar-refractivity contribution >= 4 is 0 Å². The van der Waals surface area contributed by atoms with Gasteiger partial charge in [0, 0.05) is 19.6 Å². The molecule has 0 aliphatic carbocycles. The molecule has 1 fully saturated rings. The zero-order valence-electron chi connectivity index (χ0n) is 14.6. The quantitative estimate of drug-likeness (QED) is 0.803. The monoisotopic (exact) mass is 336 g/mol. The first-order valence-corrected chi connectivity index (χ1v) is 8.77. The van der Waals surface area contributed by atoms with Crippen LogP contribution in [0.25, 0.3) is 0 Å². The first kappa shape index (κ1) is 17.3. The summed E-state index contributed by atoms with van der Waals surface area (Å²) in [5, 5.41) is 9.09. The topological polar surface area (TPSA) is 45.5 Å². The van der Waals surface area contributed by atoms with E-state index >= 15 is 0 Å². The van der Waals surface area contributed by atoms with Gasteiger partial charge in [-0.15, -0.1) is 0 Å². The molecular formula is C21H24N2O2. The molecule has 0 aromatic heterocycles. The molecule has 0 saturated carbocycles. The van der Waals surface area contributed by atoms with Gasteiger partial charge < -0.3 is 9.47 Å². The lowest BCUT2D eigenvalue weighted by atomic mass is 9.93. The molecule has 0 spiro atoms. The lowest BCUT2D eigenvalue weighted by Gasteiger charge is -2.39. The Bertz CT molecular complexity index is 716. The zero-order valence-corrected chi connectivity index (χ0v) is 14.6. The highest BCUT2D eigenvalue weighted by molar-refractivity contribution is 5.42. The second-order valence-corrected chi connectivity index (χ2v) is 6.66. The number of ether oxygens (including phenoxy) is 2. The van der Waals surface area contributed by atoms with Crippen LogP contribution < -0.4 is 9.47 Å². The summed E-state index contributed by atoms with van der Waals surface area (Å²) in [6.07, 6.45) is 1.99. The Morgan fingerprint density at radius 2 is 1.72 bits per heavy atom. The molecule has 4 nitrogen and oxygen atoms in total. The second kappa shape index (κ2) is 8.04. The molecule has 1 aliphatic rings. The fourth-order valence-electron chi connectivity index (χ4n) is 3.09. The van der Waals surface area contributed by atoms with E-state index in [0.29, 0.717) is 17.9 Å². The van der Waals surface area contributed by atoms with E-state index in [4.69, 9.17) is 14.7 Å². The molecule has 2 aromatic carbocycles. The number of nitrogens with zero attached hydrogens (tertiary/aromatic N) is 2. The maximum Gasteiger partial charge on any atom is 0.137 e. The average Bonchev–Trinajstić information content (AvgIpc) is 2.64. The summed E-state index contributed by atoms with van der Waals surface area (Å²) in [5.41, 5.74) is 0.483. The third kappa shape index (κ3) is 4.74. The number of hydrogen-bond acceptors (Lipinski definition) is 4. The third-order valence-corrected chi connectivity index (χ3v) is 4.69. The van der Waals surface area contributed by atoms with Crippen LogP contribution >= 0.6 is 0 Å². The maximum atomic E-state index is 9.09. The Balaban J connectivity index is 1.44. The van der Waals surface area contributed by atoms with E-state index in [-0.39, 0.29) is 5.60 Å². The van der Waals surface area contributed by atoms with Crippen molar-refractivity contribution in [3.63, 3.8) is 0 Å². The summed E-state index contributed by atoms with van der Waals surface area (Å²) < 4.78 is 12.0. The summed E-state index contributed by atoms with van der Waals surface area (Å²) in [5.74, 6) is 1.61. The lowest BCUT2D eigenvalue weighted by Crippen LogP contribution is -2.47. The van der Waals surface area contributed by atoms with Gasteiger partial charge in [0.2, 0.25) is 0 Å². The Kier molecular flexibility index (Phi) is 5.57. The van der Waals surface area contributed by atoms with E-state index in [0.717, 1.165) is 38.2 Å². The van der Waals surface area contributed by atoms with Gasteiger partial charge in [0.1, 0.15) is 29.8 Å². The Labute approximate surface area is 149 Å². The van der Waals surface area contributed by atoms with Crippen LogP contribution in [-0.4, -0.2) is 36.7 Å². The average molecular weight is 336 g/mol. The number of piperidine rings is 1. The summed E-state index contributed by atoms with van der Waals surface area (Å²) >= 11 is 0. The Morgan fingerprint density at radius 3 is 2.44 bits per heavy atom. The lowest BCUT2D eigenvalue weighted by molar-refractivity contribution is 0.0135. The SMILES string of the molecule is CC1(Oc2ccccc2)CCN(CCOc2ccccc2C#N)CC1. The second-order valence-electron chi connectivity index (χ2n) is 6.66. The molecule has 0 amide bonds. The number of hydrogen-bond donors (Lipinski definition) is 0. The van der Waals surface area contributed by atoms with Crippen LogP contribution in [-0.2, 0) is 0 Å². The maximum absolute atomic E-state index is 9.09. The molecule has 130 valence electrons. The van der Waals surface area contributed by atoms with Gasteiger partial charge in [-0.2, -0.15) is 5.26 Å². The number of likely N-dealkylation sites (tertiary alicyclic amines) is 1. The van der Waals surface area contributed by atoms with E-state index in [2.05, 4.69) is 17.9 Å². The normalized spacial score (nSPS) is 16.8. The van der Waals surface area contributed by atoms with Crippen LogP contribution in [0.1, 0.15) is 25.3 Å². The van der Waals surface area contributed by atoms with Crippen LogP contribution in [0.15, 0.2) is 54.6 Å². The van der Waals surface area contributed by atoms with Crippen LogP contribution in [0, 0.1) is 11.3 Å². The molecule has 2 aromatic rings. The molecule has 4 heteroatoms. The van der Waals surface area contributed by atoms with Crippen LogP contribution in [0.5, 0.6) is 11.5 Å². The van der Waals surface area contributed by atoms with Crippen molar-refractivity contribution < 1.29 is 9.47 Å². The summed E-state index contributed by atoms with van der Waals surface area (Å²) in [4.78, 5) is 2.39. The predicted molar refractivity (Wildman–Crippen MR) is 97.8 cm³/mol. The number of para-hydroxylation sites is 2. The number of rotatable bonds is 6. The molecular weight excluding hydrogens is 312 g/mol. The first-order valence-electron chi connectivity index (χ1n) is 8.77. The van der Waals surface area contributed by atoms with Gasteiger partial charge in [-0.25, -0.2) is 0 Å². The highest BCUT2D eigenvalue weighted by Crippen LogP contribution is 2.28. The van der Waals surface area contributed by atoms with Crippen molar-refractivity contribution in [2.45, 2.75) is 25.4 Å². The van der Waals surface area contributed by atoms with Gasteiger partial charge >= 0.3 is 0 Å². The van der Waals surface area contributed by atoms with Crippen molar-refractivity contribution in [3.05, 3.63) is 60.2 Å². The third-order valence-electron chi connectivity index (χ3n) is 4.69. The predicted octanol–water partition coefficient (Wildman–Crippen LogP) is 3.87. The summed E-state index contributed by atoms with van der Waals surface area (Å²) in [6, 6.07) is 19.6.